The predicted octanol–water partition coefficient (Wildman–Crippen LogP) is 5.00. The van der Waals surface area contributed by atoms with Gasteiger partial charge in [0.05, 0.1) is 7.11 Å². The first-order chi connectivity index (χ1) is 10.8. The molecule has 23 heavy (non-hydrogen) atoms. The molecule has 0 unspecified atom stereocenters. The summed E-state index contributed by atoms with van der Waals surface area (Å²) < 4.78 is 5.44. The Kier molecular flexibility index (Phi) is 5.09. The zero-order valence-electron chi connectivity index (χ0n) is 14.8. The van der Waals surface area contributed by atoms with Gasteiger partial charge in [0, 0.05) is 11.3 Å². The molecule has 1 N–H and O–H groups in total. The maximum Gasteiger partial charge on any atom is 0.255 e. The van der Waals surface area contributed by atoms with Gasteiger partial charge in [-0.1, -0.05) is 19.9 Å². The first-order valence-electron chi connectivity index (χ1n) is 7.90. The van der Waals surface area contributed by atoms with Crippen molar-refractivity contribution in [3.63, 3.8) is 0 Å². The zero-order valence-corrected chi connectivity index (χ0v) is 14.8. The second-order valence-electron chi connectivity index (χ2n) is 6.32. The molecule has 0 saturated carbocycles. The number of rotatable bonds is 4. The molecule has 0 spiro atoms. The summed E-state index contributed by atoms with van der Waals surface area (Å²) in [7, 11) is 1.66. The average molecular weight is 311 g/mol. The van der Waals surface area contributed by atoms with E-state index < -0.39 is 0 Å². The van der Waals surface area contributed by atoms with Gasteiger partial charge in [0.15, 0.2) is 0 Å². The van der Waals surface area contributed by atoms with E-state index in [9.17, 15) is 4.79 Å². The van der Waals surface area contributed by atoms with E-state index in [0.717, 1.165) is 28.1 Å². The molecule has 2 rings (SSSR count). The second kappa shape index (κ2) is 6.86. The minimum atomic E-state index is -0.0877. The van der Waals surface area contributed by atoms with Crippen LogP contribution in [-0.4, -0.2) is 13.0 Å². The Bertz CT molecular complexity index is 733. The van der Waals surface area contributed by atoms with Crippen molar-refractivity contribution in [3.8, 4) is 5.75 Å². The number of hydrogen-bond acceptors (Lipinski definition) is 2. The van der Waals surface area contributed by atoms with Crippen LogP contribution in [0.4, 0.5) is 5.69 Å². The first kappa shape index (κ1) is 17.1. The topological polar surface area (TPSA) is 38.3 Å². The van der Waals surface area contributed by atoms with Crippen molar-refractivity contribution in [1.82, 2.24) is 0 Å². The van der Waals surface area contributed by atoms with Crippen LogP contribution in [0, 0.1) is 20.8 Å². The van der Waals surface area contributed by atoms with Gasteiger partial charge in [-0.15, -0.1) is 0 Å². The van der Waals surface area contributed by atoms with Crippen LogP contribution in [0.5, 0.6) is 5.75 Å². The van der Waals surface area contributed by atoms with Crippen LogP contribution in [0.3, 0.4) is 0 Å². The summed E-state index contributed by atoms with van der Waals surface area (Å²) in [5.41, 5.74) is 5.84. The molecule has 0 atom stereocenters. The van der Waals surface area contributed by atoms with Gasteiger partial charge in [-0.05, 0) is 73.2 Å². The summed E-state index contributed by atoms with van der Waals surface area (Å²) in [6.07, 6.45) is 0. The Morgan fingerprint density at radius 3 is 2.26 bits per heavy atom. The number of aryl methyl sites for hydroxylation is 3. The molecule has 2 aromatic carbocycles. The van der Waals surface area contributed by atoms with Crippen LogP contribution in [0.1, 0.15) is 52.4 Å². The number of anilines is 1. The minimum absolute atomic E-state index is 0.0877. The van der Waals surface area contributed by atoms with Crippen molar-refractivity contribution in [2.75, 3.05) is 12.4 Å². The van der Waals surface area contributed by atoms with E-state index >= 15 is 0 Å². The molecule has 122 valence electrons. The van der Waals surface area contributed by atoms with Crippen LogP contribution < -0.4 is 10.1 Å². The number of hydrogen-bond donors (Lipinski definition) is 1. The molecule has 1 amide bonds. The van der Waals surface area contributed by atoms with Crippen molar-refractivity contribution >= 4 is 11.6 Å². The van der Waals surface area contributed by atoms with Crippen LogP contribution in [0.2, 0.25) is 0 Å². The van der Waals surface area contributed by atoms with E-state index in [4.69, 9.17) is 4.74 Å². The van der Waals surface area contributed by atoms with Gasteiger partial charge in [-0.25, -0.2) is 0 Å². The molecule has 0 aromatic heterocycles. The monoisotopic (exact) mass is 311 g/mol. The Morgan fingerprint density at radius 2 is 1.70 bits per heavy atom. The normalized spacial score (nSPS) is 10.7. The van der Waals surface area contributed by atoms with E-state index in [1.165, 1.54) is 5.56 Å². The molecular weight excluding hydrogens is 286 g/mol. The summed E-state index contributed by atoms with van der Waals surface area (Å²) >= 11 is 0. The SMILES string of the molecule is COc1cc(C)c(C(=O)Nc2ccc(C)c(C)c2)cc1C(C)C. The lowest BCUT2D eigenvalue weighted by molar-refractivity contribution is 0.102. The zero-order chi connectivity index (χ0) is 17.1. The lowest BCUT2D eigenvalue weighted by Gasteiger charge is -2.16. The highest BCUT2D eigenvalue weighted by Crippen LogP contribution is 2.30. The van der Waals surface area contributed by atoms with Gasteiger partial charge in [-0.3, -0.25) is 4.79 Å². The minimum Gasteiger partial charge on any atom is -0.496 e. The van der Waals surface area contributed by atoms with Crippen LogP contribution in [-0.2, 0) is 0 Å². The van der Waals surface area contributed by atoms with E-state index in [2.05, 4.69) is 26.1 Å². The first-order valence-corrected chi connectivity index (χ1v) is 7.90. The standard InChI is InChI=1S/C20H25NO2/c1-12(2)17-11-18(15(5)10-19(17)23-6)20(22)21-16-8-7-13(3)14(4)9-16/h7-12H,1-6H3,(H,21,22). The Balaban J connectivity index is 2.35. The van der Waals surface area contributed by atoms with Gasteiger partial charge < -0.3 is 10.1 Å². The predicted molar refractivity (Wildman–Crippen MR) is 95.7 cm³/mol. The average Bonchev–Trinajstić information content (AvgIpc) is 2.50. The maximum atomic E-state index is 12.7. The fourth-order valence-electron chi connectivity index (χ4n) is 2.59. The van der Waals surface area contributed by atoms with E-state index in [1.807, 2.05) is 44.2 Å². The van der Waals surface area contributed by atoms with Crippen LogP contribution >= 0.6 is 0 Å². The van der Waals surface area contributed by atoms with Crippen molar-refractivity contribution in [1.29, 1.82) is 0 Å². The molecule has 0 aliphatic heterocycles. The Labute approximate surface area is 138 Å². The summed E-state index contributed by atoms with van der Waals surface area (Å²) in [6, 6.07) is 9.82. The molecule has 0 aliphatic rings. The molecular formula is C20H25NO2. The molecule has 0 radical (unpaired) electrons. The largest absolute Gasteiger partial charge is 0.496 e. The number of amides is 1. The summed E-state index contributed by atoms with van der Waals surface area (Å²) in [4.78, 5) is 12.7. The number of nitrogens with one attached hydrogen (secondary N) is 1. The highest BCUT2D eigenvalue weighted by atomic mass is 16.5. The molecule has 0 heterocycles. The molecule has 2 aromatic rings. The fourth-order valence-corrected chi connectivity index (χ4v) is 2.59. The Hall–Kier alpha value is -2.29. The Morgan fingerprint density at radius 1 is 1.00 bits per heavy atom. The van der Waals surface area contributed by atoms with Crippen LogP contribution in [0.15, 0.2) is 30.3 Å². The van der Waals surface area contributed by atoms with Gasteiger partial charge >= 0.3 is 0 Å². The quantitative estimate of drug-likeness (QED) is 0.863. The number of carbonyl (C=O) groups is 1. The number of ether oxygens (including phenoxy) is 1. The lowest BCUT2D eigenvalue weighted by Crippen LogP contribution is -2.14. The maximum absolute atomic E-state index is 12.7. The molecule has 0 fully saturated rings. The number of methoxy groups -OCH3 is 1. The van der Waals surface area contributed by atoms with Crippen LogP contribution in [0.25, 0.3) is 0 Å². The number of carbonyl (C=O) groups excluding carboxylic acids is 1. The van der Waals surface area contributed by atoms with E-state index in [-0.39, 0.29) is 5.91 Å². The van der Waals surface area contributed by atoms with E-state index in [1.54, 1.807) is 7.11 Å². The van der Waals surface area contributed by atoms with Gasteiger partial charge in [0.25, 0.3) is 5.91 Å². The molecule has 3 heteroatoms. The van der Waals surface area contributed by atoms with Crippen molar-refractivity contribution < 1.29 is 9.53 Å². The summed E-state index contributed by atoms with van der Waals surface area (Å²) in [5.74, 6) is 1.04. The summed E-state index contributed by atoms with van der Waals surface area (Å²) in [6.45, 7) is 10.2. The molecule has 0 saturated heterocycles. The highest BCUT2D eigenvalue weighted by molar-refractivity contribution is 6.05. The van der Waals surface area contributed by atoms with Gasteiger partial charge in [0.2, 0.25) is 0 Å². The molecule has 0 aliphatic carbocycles. The third-order valence-corrected chi connectivity index (χ3v) is 4.21. The van der Waals surface area contributed by atoms with Crippen molar-refractivity contribution in [2.45, 2.75) is 40.5 Å². The highest BCUT2D eigenvalue weighted by Gasteiger charge is 2.16. The third-order valence-electron chi connectivity index (χ3n) is 4.21. The molecule has 0 bridgehead atoms. The van der Waals surface area contributed by atoms with Crippen molar-refractivity contribution in [3.05, 3.63) is 58.1 Å². The van der Waals surface area contributed by atoms with Gasteiger partial charge in [0.1, 0.15) is 5.75 Å². The smallest absolute Gasteiger partial charge is 0.255 e. The number of benzene rings is 2. The summed E-state index contributed by atoms with van der Waals surface area (Å²) in [5, 5.41) is 2.99. The fraction of sp³-hybridized carbons (Fsp3) is 0.350. The third kappa shape index (κ3) is 3.73. The lowest BCUT2D eigenvalue weighted by atomic mass is 9.96. The second-order valence-corrected chi connectivity index (χ2v) is 6.32. The van der Waals surface area contributed by atoms with Gasteiger partial charge in [-0.2, -0.15) is 0 Å². The molecule has 3 nitrogen and oxygen atoms in total. The van der Waals surface area contributed by atoms with E-state index in [0.29, 0.717) is 11.5 Å². The van der Waals surface area contributed by atoms with Crippen molar-refractivity contribution in [2.24, 2.45) is 0 Å².